The van der Waals surface area contributed by atoms with Gasteiger partial charge in [-0.25, -0.2) is 9.78 Å². The van der Waals surface area contributed by atoms with Crippen LogP contribution < -0.4 is 0 Å². The van der Waals surface area contributed by atoms with Gasteiger partial charge in [0.25, 0.3) is 11.6 Å². The molecule has 0 saturated heterocycles. The zero-order chi connectivity index (χ0) is 13.4. The van der Waals surface area contributed by atoms with Crippen molar-refractivity contribution in [2.75, 3.05) is 0 Å². The molecule has 3 aromatic rings. The van der Waals surface area contributed by atoms with Gasteiger partial charge in [-0.1, -0.05) is 28.1 Å². The van der Waals surface area contributed by atoms with E-state index < -0.39 is 5.97 Å². The van der Waals surface area contributed by atoms with Gasteiger partial charge in [-0.2, -0.15) is 9.50 Å². The molecule has 1 N–H and O–H groups in total. The van der Waals surface area contributed by atoms with Gasteiger partial charge in [0.15, 0.2) is 0 Å². The molecule has 1 aromatic carbocycles. The van der Waals surface area contributed by atoms with Crippen LogP contribution in [0.1, 0.15) is 10.6 Å². The Morgan fingerprint density at radius 1 is 1.32 bits per heavy atom. The van der Waals surface area contributed by atoms with Gasteiger partial charge >= 0.3 is 5.97 Å². The van der Waals surface area contributed by atoms with E-state index in [1.807, 2.05) is 24.3 Å². The first-order valence-corrected chi connectivity index (χ1v) is 6.15. The molecule has 0 fully saturated rings. The van der Waals surface area contributed by atoms with E-state index in [0.29, 0.717) is 0 Å². The van der Waals surface area contributed by atoms with Crippen molar-refractivity contribution in [2.24, 2.45) is 0 Å². The van der Waals surface area contributed by atoms with E-state index in [4.69, 9.17) is 5.11 Å². The summed E-state index contributed by atoms with van der Waals surface area (Å²) in [5, 5.41) is 12.9. The molecule has 0 unspecified atom stereocenters. The number of carboxylic acids is 1. The van der Waals surface area contributed by atoms with Crippen molar-refractivity contribution in [3.63, 3.8) is 0 Å². The maximum Gasteiger partial charge on any atom is 0.375 e. The summed E-state index contributed by atoms with van der Waals surface area (Å²) in [6.07, 6.45) is 1.58. The molecule has 0 radical (unpaired) electrons. The highest BCUT2D eigenvalue weighted by Crippen LogP contribution is 2.22. The predicted molar refractivity (Wildman–Crippen MR) is 70.9 cm³/mol. The van der Waals surface area contributed by atoms with E-state index in [1.165, 1.54) is 4.52 Å². The van der Waals surface area contributed by atoms with Crippen molar-refractivity contribution < 1.29 is 9.90 Å². The molecular weight excluding hydrogens is 312 g/mol. The highest BCUT2D eigenvalue weighted by Gasteiger charge is 2.14. The van der Waals surface area contributed by atoms with Gasteiger partial charge in [0.05, 0.1) is 5.69 Å². The Kier molecular flexibility index (Phi) is 2.75. The lowest BCUT2D eigenvalue weighted by atomic mass is 10.1. The van der Waals surface area contributed by atoms with Crippen LogP contribution in [0, 0.1) is 0 Å². The Balaban J connectivity index is 2.26. The van der Waals surface area contributed by atoms with Crippen LogP contribution in [0.25, 0.3) is 17.0 Å². The van der Waals surface area contributed by atoms with Crippen molar-refractivity contribution in [1.82, 2.24) is 19.6 Å². The summed E-state index contributed by atoms with van der Waals surface area (Å²) >= 11 is 3.40. The molecule has 7 heteroatoms. The molecule has 0 atom stereocenters. The average Bonchev–Trinajstić information content (AvgIpc) is 2.82. The Labute approximate surface area is 115 Å². The molecule has 0 aliphatic heterocycles. The van der Waals surface area contributed by atoms with Gasteiger partial charge in [-0.05, 0) is 18.2 Å². The molecule has 0 bridgehead atoms. The SMILES string of the molecule is O=C(O)c1nc2nccc(-c3cccc(Br)c3)n2n1. The van der Waals surface area contributed by atoms with Crippen molar-refractivity contribution in [3.8, 4) is 11.3 Å². The molecule has 0 saturated carbocycles. The van der Waals surface area contributed by atoms with Crippen LogP contribution in [0.5, 0.6) is 0 Å². The van der Waals surface area contributed by atoms with E-state index in [9.17, 15) is 4.79 Å². The zero-order valence-electron chi connectivity index (χ0n) is 9.49. The van der Waals surface area contributed by atoms with Gasteiger partial charge in [0, 0.05) is 16.2 Å². The van der Waals surface area contributed by atoms with Crippen molar-refractivity contribution in [3.05, 3.63) is 46.8 Å². The van der Waals surface area contributed by atoms with Crippen LogP contribution >= 0.6 is 15.9 Å². The molecule has 94 valence electrons. The second kappa shape index (κ2) is 4.43. The Morgan fingerprint density at radius 2 is 2.16 bits per heavy atom. The van der Waals surface area contributed by atoms with Crippen LogP contribution in [0.15, 0.2) is 41.0 Å². The van der Waals surface area contributed by atoms with Crippen molar-refractivity contribution in [2.45, 2.75) is 0 Å². The van der Waals surface area contributed by atoms with Gasteiger partial charge in [-0.3, -0.25) is 0 Å². The van der Waals surface area contributed by atoms with Crippen LogP contribution in [-0.2, 0) is 0 Å². The van der Waals surface area contributed by atoms with Crippen LogP contribution in [-0.4, -0.2) is 30.7 Å². The number of halogens is 1. The maximum absolute atomic E-state index is 10.9. The lowest BCUT2D eigenvalue weighted by Crippen LogP contribution is -2.00. The largest absolute Gasteiger partial charge is 0.475 e. The predicted octanol–water partition coefficient (Wildman–Crippen LogP) is 2.25. The number of hydrogen-bond acceptors (Lipinski definition) is 4. The first-order chi connectivity index (χ1) is 9.15. The topological polar surface area (TPSA) is 80.4 Å². The third kappa shape index (κ3) is 2.08. The highest BCUT2D eigenvalue weighted by atomic mass is 79.9. The van der Waals surface area contributed by atoms with Gasteiger partial charge < -0.3 is 5.11 Å². The first-order valence-electron chi connectivity index (χ1n) is 5.36. The van der Waals surface area contributed by atoms with Crippen LogP contribution in [0.4, 0.5) is 0 Å². The summed E-state index contributed by atoms with van der Waals surface area (Å²) in [4.78, 5) is 18.8. The Bertz CT molecular complexity index is 784. The number of fused-ring (bicyclic) bond motifs is 1. The van der Waals surface area contributed by atoms with Gasteiger partial charge in [0.2, 0.25) is 0 Å². The quantitative estimate of drug-likeness (QED) is 0.783. The molecule has 3 rings (SSSR count). The molecule has 2 aromatic heterocycles. The lowest BCUT2D eigenvalue weighted by molar-refractivity contribution is 0.0684. The Morgan fingerprint density at radius 3 is 2.89 bits per heavy atom. The van der Waals surface area contributed by atoms with Crippen molar-refractivity contribution >= 4 is 27.7 Å². The number of aromatic carboxylic acids is 1. The summed E-state index contributed by atoms with van der Waals surface area (Å²) in [6.45, 7) is 0. The summed E-state index contributed by atoms with van der Waals surface area (Å²) in [5.41, 5.74) is 1.62. The number of carboxylic acid groups (broad SMARTS) is 1. The normalized spacial score (nSPS) is 10.8. The molecule has 19 heavy (non-hydrogen) atoms. The smallest absolute Gasteiger partial charge is 0.375 e. The number of aromatic nitrogens is 4. The second-order valence-corrected chi connectivity index (χ2v) is 4.71. The van der Waals surface area contributed by atoms with Crippen molar-refractivity contribution in [1.29, 1.82) is 0 Å². The number of carbonyl (C=O) groups is 1. The number of hydrogen-bond donors (Lipinski definition) is 1. The molecular formula is C12H7BrN4O2. The standard InChI is InChI=1S/C12H7BrN4O2/c13-8-3-1-2-7(6-8)9-4-5-14-12-15-10(11(18)19)16-17(9)12/h1-6H,(H,18,19). The third-order valence-corrected chi connectivity index (χ3v) is 3.05. The number of nitrogens with zero attached hydrogens (tertiary/aromatic N) is 4. The minimum absolute atomic E-state index is 0.259. The molecule has 0 amide bonds. The second-order valence-electron chi connectivity index (χ2n) is 3.79. The van der Waals surface area contributed by atoms with E-state index in [1.54, 1.807) is 12.3 Å². The van der Waals surface area contributed by atoms with E-state index in [-0.39, 0.29) is 11.6 Å². The van der Waals surface area contributed by atoms with Gasteiger partial charge in [0.1, 0.15) is 0 Å². The number of rotatable bonds is 2. The fraction of sp³-hybridized carbons (Fsp3) is 0. The fourth-order valence-electron chi connectivity index (χ4n) is 1.75. The zero-order valence-corrected chi connectivity index (χ0v) is 11.1. The highest BCUT2D eigenvalue weighted by molar-refractivity contribution is 9.10. The average molecular weight is 319 g/mol. The minimum Gasteiger partial charge on any atom is -0.475 e. The molecule has 6 nitrogen and oxygen atoms in total. The minimum atomic E-state index is -1.18. The molecule has 0 aliphatic rings. The van der Waals surface area contributed by atoms with Gasteiger partial charge in [-0.15, -0.1) is 5.10 Å². The fourth-order valence-corrected chi connectivity index (χ4v) is 2.15. The summed E-state index contributed by atoms with van der Waals surface area (Å²) in [6, 6.07) is 9.38. The van der Waals surface area contributed by atoms with E-state index in [2.05, 4.69) is 31.0 Å². The van der Waals surface area contributed by atoms with E-state index in [0.717, 1.165) is 15.7 Å². The summed E-state index contributed by atoms with van der Waals surface area (Å²) in [7, 11) is 0. The molecule has 0 aliphatic carbocycles. The van der Waals surface area contributed by atoms with E-state index >= 15 is 0 Å². The monoisotopic (exact) mass is 318 g/mol. The van der Waals surface area contributed by atoms with Crippen LogP contribution in [0.2, 0.25) is 0 Å². The molecule has 0 spiro atoms. The first kappa shape index (κ1) is 11.8. The molecule has 2 heterocycles. The third-order valence-electron chi connectivity index (χ3n) is 2.55. The summed E-state index contributed by atoms with van der Waals surface area (Å²) in [5.74, 6) is -1.18. The lowest BCUT2D eigenvalue weighted by Gasteiger charge is -2.03. The number of benzene rings is 1. The Hall–Kier alpha value is -2.28. The summed E-state index contributed by atoms with van der Waals surface area (Å²) < 4.78 is 2.35. The maximum atomic E-state index is 10.9. The van der Waals surface area contributed by atoms with Crippen LogP contribution in [0.3, 0.4) is 0 Å².